The second-order valence-corrected chi connectivity index (χ2v) is 7.14. The van der Waals surface area contributed by atoms with Crippen LogP contribution in [0.5, 0.6) is 0 Å². The van der Waals surface area contributed by atoms with Crippen LogP contribution < -0.4 is 10.6 Å². The number of rotatable bonds is 7. The fourth-order valence-corrected chi connectivity index (χ4v) is 3.37. The van der Waals surface area contributed by atoms with Crippen LogP contribution in [0.4, 0.5) is 11.4 Å². The molecule has 0 unspecified atom stereocenters. The highest BCUT2D eigenvalue weighted by molar-refractivity contribution is 7.99. The van der Waals surface area contributed by atoms with Crippen molar-refractivity contribution in [3.8, 4) is 0 Å². The lowest BCUT2D eigenvalue weighted by Gasteiger charge is -2.09. The Hall–Kier alpha value is -3.13. The van der Waals surface area contributed by atoms with Gasteiger partial charge in [-0.2, -0.15) is 0 Å². The summed E-state index contributed by atoms with van der Waals surface area (Å²) in [5.41, 5.74) is 2.50. The molecule has 3 rings (SSSR count). The molecule has 0 spiro atoms. The average molecular weight is 395 g/mol. The Morgan fingerprint density at radius 2 is 1.61 bits per heavy atom. The van der Waals surface area contributed by atoms with Crippen LogP contribution in [-0.2, 0) is 16.1 Å². The van der Waals surface area contributed by atoms with Gasteiger partial charge in [-0.05, 0) is 36.8 Å². The Morgan fingerprint density at radius 3 is 2.25 bits per heavy atom. The summed E-state index contributed by atoms with van der Waals surface area (Å²) in [5, 5.41) is 14.6. The van der Waals surface area contributed by atoms with Crippen molar-refractivity contribution in [1.82, 2.24) is 14.8 Å². The van der Waals surface area contributed by atoms with Crippen LogP contribution in [0.2, 0.25) is 0 Å². The molecule has 0 aliphatic heterocycles. The van der Waals surface area contributed by atoms with Gasteiger partial charge >= 0.3 is 0 Å². The summed E-state index contributed by atoms with van der Waals surface area (Å²) >= 11 is 1.35. The molecule has 2 aromatic carbocycles. The predicted molar refractivity (Wildman–Crippen MR) is 110 cm³/mol. The van der Waals surface area contributed by atoms with Gasteiger partial charge in [-0.25, -0.2) is 0 Å². The third kappa shape index (κ3) is 5.43. The number of nitrogens with zero attached hydrogens (tertiary/aromatic N) is 3. The monoisotopic (exact) mass is 395 g/mol. The highest BCUT2D eigenvalue weighted by Crippen LogP contribution is 2.19. The summed E-state index contributed by atoms with van der Waals surface area (Å²) in [6.07, 6.45) is 0. The van der Waals surface area contributed by atoms with E-state index in [2.05, 4.69) is 20.8 Å². The smallest absolute Gasteiger partial charge is 0.234 e. The van der Waals surface area contributed by atoms with Gasteiger partial charge in [-0.15, -0.1) is 10.2 Å². The molecular weight excluding hydrogens is 374 g/mol. The number of carbonyl (C=O) groups excluding carboxylic acids is 2. The summed E-state index contributed by atoms with van der Waals surface area (Å²) in [4.78, 5) is 23.3. The molecule has 0 saturated carbocycles. The highest BCUT2D eigenvalue weighted by Gasteiger charge is 2.12. The van der Waals surface area contributed by atoms with Crippen LogP contribution >= 0.6 is 11.8 Å². The lowest BCUT2D eigenvalue weighted by Crippen LogP contribution is -2.15. The Kier molecular flexibility index (Phi) is 6.44. The molecule has 0 radical (unpaired) electrons. The number of benzene rings is 2. The number of hydrogen-bond donors (Lipinski definition) is 2. The zero-order valence-corrected chi connectivity index (χ0v) is 16.5. The molecule has 0 aliphatic rings. The topological polar surface area (TPSA) is 88.9 Å². The van der Waals surface area contributed by atoms with E-state index < -0.39 is 0 Å². The maximum Gasteiger partial charge on any atom is 0.234 e. The molecular formula is C20H21N5O2S. The highest BCUT2D eigenvalue weighted by atomic mass is 32.2. The summed E-state index contributed by atoms with van der Waals surface area (Å²) < 4.78 is 2.00. The van der Waals surface area contributed by atoms with Crippen LogP contribution in [0.25, 0.3) is 0 Å². The van der Waals surface area contributed by atoms with E-state index in [1.54, 1.807) is 24.3 Å². The lowest BCUT2D eigenvalue weighted by molar-refractivity contribution is -0.114. The summed E-state index contributed by atoms with van der Waals surface area (Å²) in [5.74, 6) is 0.757. The second-order valence-electron chi connectivity index (χ2n) is 6.20. The van der Waals surface area contributed by atoms with E-state index in [-0.39, 0.29) is 17.6 Å². The minimum Gasteiger partial charge on any atom is -0.326 e. The maximum absolute atomic E-state index is 12.3. The zero-order valence-electron chi connectivity index (χ0n) is 15.7. The number of thioether (sulfide) groups is 1. The number of aromatic nitrogens is 3. The number of aryl methyl sites for hydroxylation is 1. The third-order valence-electron chi connectivity index (χ3n) is 3.91. The van der Waals surface area contributed by atoms with Gasteiger partial charge in [0.2, 0.25) is 11.8 Å². The van der Waals surface area contributed by atoms with E-state index in [1.807, 2.05) is 41.8 Å². The van der Waals surface area contributed by atoms with Crippen molar-refractivity contribution in [2.24, 2.45) is 0 Å². The van der Waals surface area contributed by atoms with E-state index >= 15 is 0 Å². The molecule has 0 fully saturated rings. The molecule has 1 heterocycles. The molecule has 7 nitrogen and oxygen atoms in total. The molecule has 0 bridgehead atoms. The van der Waals surface area contributed by atoms with Crippen LogP contribution in [0.1, 0.15) is 18.3 Å². The number of anilines is 2. The van der Waals surface area contributed by atoms with Gasteiger partial charge in [-0.1, -0.05) is 42.1 Å². The molecule has 1 aromatic heterocycles. The van der Waals surface area contributed by atoms with Crippen molar-refractivity contribution < 1.29 is 9.59 Å². The lowest BCUT2D eigenvalue weighted by atomic mass is 10.2. The van der Waals surface area contributed by atoms with E-state index in [0.29, 0.717) is 23.1 Å². The van der Waals surface area contributed by atoms with E-state index in [0.717, 1.165) is 11.4 Å². The summed E-state index contributed by atoms with van der Waals surface area (Å²) in [7, 11) is 0. The first-order valence-corrected chi connectivity index (χ1v) is 9.74. The van der Waals surface area contributed by atoms with Gasteiger partial charge in [0, 0.05) is 18.3 Å². The number of amides is 2. The molecule has 2 N–H and O–H groups in total. The Morgan fingerprint density at radius 1 is 0.964 bits per heavy atom. The largest absolute Gasteiger partial charge is 0.326 e. The first-order chi connectivity index (χ1) is 13.5. The van der Waals surface area contributed by atoms with Gasteiger partial charge in [0.1, 0.15) is 5.82 Å². The number of hydrogen-bond acceptors (Lipinski definition) is 5. The van der Waals surface area contributed by atoms with Gasteiger partial charge in [-0.3, -0.25) is 9.59 Å². The van der Waals surface area contributed by atoms with E-state index in [4.69, 9.17) is 0 Å². The third-order valence-corrected chi connectivity index (χ3v) is 4.87. The zero-order chi connectivity index (χ0) is 19.9. The van der Waals surface area contributed by atoms with Gasteiger partial charge in [0.25, 0.3) is 0 Å². The molecule has 0 saturated heterocycles. The number of nitrogens with one attached hydrogen (secondary N) is 2. The van der Waals surface area contributed by atoms with Gasteiger partial charge in [0.15, 0.2) is 5.16 Å². The standard InChI is InChI=1S/C20H21N5O2S/c1-14-23-24-20(25(14)12-16-6-4-3-5-7-16)28-13-19(27)22-18-10-8-17(9-11-18)21-15(2)26/h3-11H,12-13H2,1-2H3,(H,21,26)(H,22,27). The normalized spacial score (nSPS) is 10.5. The molecule has 2 amide bonds. The van der Waals surface area contributed by atoms with Crippen molar-refractivity contribution in [3.05, 3.63) is 66.0 Å². The van der Waals surface area contributed by atoms with Crippen molar-refractivity contribution in [3.63, 3.8) is 0 Å². The first-order valence-electron chi connectivity index (χ1n) is 8.75. The fourth-order valence-electron chi connectivity index (χ4n) is 2.58. The van der Waals surface area contributed by atoms with Crippen molar-refractivity contribution in [2.45, 2.75) is 25.5 Å². The SMILES string of the molecule is CC(=O)Nc1ccc(NC(=O)CSc2nnc(C)n2Cc2ccccc2)cc1. The minimum atomic E-state index is -0.136. The average Bonchev–Trinajstić information content (AvgIpc) is 3.02. The summed E-state index contributed by atoms with van der Waals surface area (Å²) in [6.45, 7) is 4.01. The van der Waals surface area contributed by atoms with Gasteiger partial charge in [0.05, 0.1) is 12.3 Å². The molecule has 0 atom stereocenters. The Balaban J connectivity index is 1.57. The molecule has 3 aromatic rings. The Labute approximate surface area is 167 Å². The quantitative estimate of drug-likeness (QED) is 0.599. The number of carbonyl (C=O) groups is 2. The maximum atomic E-state index is 12.3. The molecule has 0 aliphatic carbocycles. The first kappa shape index (κ1) is 19.6. The van der Waals surface area contributed by atoms with E-state index in [9.17, 15) is 9.59 Å². The van der Waals surface area contributed by atoms with Crippen LogP contribution in [0.15, 0.2) is 59.8 Å². The second kappa shape index (κ2) is 9.18. The van der Waals surface area contributed by atoms with Crippen LogP contribution in [0, 0.1) is 6.92 Å². The summed E-state index contributed by atoms with van der Waals surface area (Å²) in [6, 6.07) is 17.0. The van der Waals surface area contributed by atoms with Crippen molar-refractivity contribution in [1.29, 1.82) is 0 Å². The molecule has 144 valence electrons. The molecule has 28 heavy (non-hydrogen) atoms. The van der Waals surface area contributed by atoms with Gasteiger partial charge < -0.3 is 15.2 Å². The van der Waals surface area contributed by atoms with Crippen LogP contribution in [0.3, 0.4) is 0 Å². The fraction of sp³-hybridized carbons (Fsp3) is 0.200. The molecule has 8 heteroatoms. The predicted octanol–water partition coefficient (Wildman–Crippen LogP) is 3.32. The van der Waals surface area contributed by atoms with Crippen LogP contribution in [-0.4, -0.2) is 32.3 Å². The minimum absolute atomic E-state index is 0.135. The van der Waals surface area contributed by atoms with Crippen molar-refractivity contribution >= 4 is 35.0 Å². The van der Waals surface area contributed by atoms with Crippen molar-refractivity contribution in [2.75, 3.05) is 16.4 Å². The Bertz CT molecular complexity index is 954. The van der Waals surface area contributed by atoms with E-state index in [1.165, 1.54) is 18.7 Å².